The predicted molar refractivity (Wildman–Crippen MR) is 191 cm³/mol. The molecule has 4 unspecified atom stereocenters. The van der Waals surface area contributed by atoms with Gasteiger partial charge in [-0.1, -0.05) is 116 Å². The molecular weight excluding hydrogens is 651 g/mol. The summed E-state index contributed by atoms with van der Waals surface area (Å²) in [6.45, 7) is 4.58. The van der Waals surface area contributed by atoms with Crippen molar-refractivity contribution in [3.63, 3.8) is 0 Å². The highest BCUT2D eigenvalue weighted by molar-refractivity contribution is 7.47. The molecule has 0 aromatic rings. The van der Waals surface area contributed by atoms with Gasteiger partial charge in [0.25, 0.3) is 0 Å². The maximum atomic E-state index is 12.6. The molecule has 288 valence electrons. The first-order chi connectivity index (χ1) is 23.6. The molecule has 1 rings (SSSR count). The van der Waals surface area contributed by atoms with E-state index in [0.29, 0.717) is 25.0 Å². The SMILES string of the molecule is CCCCCC1OC1C/C=C\CCCCCCCC(=O)O[C@H](COC(=O)CCCCCCCCC(C)CC)COP(=O)(O)OC[C@@H](O)CO. The van der Waals surface area contributed by atoms with Crippen LogP contribution in [0.1, 0.15) is 156 Å². The Morgan fingerprint density at radius 1 is 0.796 bits per heavy atom. The second-order valence-electron chi connectivity index (χ2n) is 13.6. The summed E-state index contributed by atoms with van der Waals surface area (Å²) in [4.78, 5) is 34.8. The van der Waals surface area contributed by atoms with Crippen molar-refractivity contribution >= 4 is 19.8 Å². The molecule has 0 aromatic carbocycles. The van der Waals surface area contributed by atoms with Gasteiger partial charge in [0, 0.05) is 12.8 Å². The van der Waals surface area contributed by atoms with Gasteiger partial charge in [-0.25, -0.2) is 4.57 Å². The van der Waals surface area contributed by atoms with Crippen LogP contribution in [0, 0.1) is 5.92 Å². The van der Waals surface area contributed by atoms with E-state index < -0.39 is 51.8 Å². The summed E-state index contributed by atoms with van der Waals surface area (Å²) in [5, 5.41) is 18.3. The zero-order valence-electron chi connectivity index (χ0n) is 30.8. The van der Waals surface area contributed by atoms with Gasteiger partial charge in [-0.2, -0.15) is 0 Å². The lowest BCUT2D eigenvalue weighted by atomic mass is 10.00. The maximum Gasteiger partial charge on any atom is 0.472 e. The number of carbonyl (C=O) groups is 2. The molecule has 1 aliphatic heterocycles. The fraction of sp³-hybridized carbons (Fsp3) is 0.892. The molecule has 0 saturated carbocycles. The number of epoxide rings is 1. The van der Waals surface area contributed by atoms with Crippen LogP contribution in [0.25, 0.3) is 0 Å². The summed E-state index contributed by atoms with van der Waals surface area (Å²) in [5.41, 5.74) is 0. The number of ether oxygens (including phenoxy) is 3. The van der Waals surface area contributed by atoms with Gasteiger partial charge in [0.05, 0.1) is 32.0 Å². The lowest BCUT2D eigenvalue weighted by Gasteiger charge is -2.20. The number of phosphoric acid groups is 1. The molecule has 11 nitrogen and oxygen atoms in total. The number of carbonyl (C=O) groups excluding carboxylic acids is 2. The predicted octanol–water partition coefficient (Wildman–Crippen LogP) is 8.12. The highest BCUT2D eigenvalue weighted by Gasteiger charge is 2.36. The van der Waals surface area contributed by atoms with Crippen LogP contribution in [0.15, 0.2) is 12.2 Å². The molecule has 1 fully saturated rings. The number of aliphatic hydroxyl groups is 2. The van der Waals surface area contributed by atoms with Gasteiger partial charge in [-0.15, -0.1) is 0 Å². The van der Waals surface area contributed by atoms with E-state index in [2.05, 4.69) is 37.4 Å². The third-order valence-electron chi connectivity index (χ3n) is 8.88. The van der Waals surface area contributed by atoms with Crippen molar-refractivity contribution in [2.75, 3.05) is 26.4 Å². The van der Waals surface area contributed by atoms with Crippen LogP contribution in [0.4, 0.5) is 0 Å². The van der Waals surface area contributed by atoms with Crippen LogP contribution in [0.3, 0.4) is 0 Å². The van der Waals surface area contributed by atoms with Crippen LogP contribution < -0.4 is 0 Å². The molecule has 0 spiro atoms. The number of unbranched alkanes of at least 4 members (excludes halogenated alkanes) is 12. The molecule has 0 aliphatic carbocycles. The molecule has 0 amide bonds. The van der Waals surface area contributed by atoms with Gasteiger partial charge < -0.3 is 29.3 Å². The molecule has 6 atom stereocenters. The van der Waals surface area contributed by atoms with Crippen molar-refractivity contribution in [2.45, 2.75) is 180 Å². The molecule has 12 heteroatoms. The number of aliphatic hydroxyl groups excluding tert-OH is 2. The van der Waals surface area contributed by atoms with Crippen molar-refractivity contribution in [3.05, 3.63) is 12.2 Å². The zero-order chi connectivity index (χ0) is 36.2. The standard InChI is InChI=1S/C37H69O11P/c1-4-6-17-23-34-35(48-34)24-19-14-9-7-8-10-16-21-26-37(41)47-33(30-46-49(42,43)45-28-32(39)27-38)29-44-36(40)25-20-15-12-11-13-18-22-31(3)5-2/h14,19,31-35,38-39H,4-13,15-18,20-30H2,1-3H3,(H,42,43)/b19-14-/t31?,32-,33+,34?,35?/m0/s1. The van der Waals surface area contributed by atoms with Gasteiger partial charge >= 0.3 is 19.8 Å². The average molecular weight is 721 g/mol. The topological polar surface area (TPSA) is 161 Å². The molecule has 0 bridgehead atoms. The van der Waals surface area contributed by atoms with E-state index in [9.17, 15) is 24.2 Å². The summed E-state index contributed by atoms with van der Waals surface area (Å²) in [6, 6.07) is 0. The third kappa shape index (κ3) is 27.1. The number of rotatable bonds is 34. The zero-order valence-corrected chi connectivity index (χ0v) is 31.7. The smallest absolute Gasteiger partial charge is 0.462 e. The fourth-order valence-corrected chi connectivity index (χ4v) is 6.18. The summed E-state index contributed by atoms with van der Waals surface area (Å²) in [6.07, 6.45) is 23.7. The Hall–Kier alpha value is -1.33. The van der Waals surface area contributed by atoms with E-state index in [4.69, 9.17) is 23.8 Å². The van der Waals surface area contributed by atoms with Gasteiger partial charge in [0.2, 0.25) is 0 Å². The summed E-state index contributed by atoms with van der Waals surface area (Å²) in [7, 11) is -4.61. The fourth-order valence-electron chi connectivity index (χ4n) is 5.39. The second kappa shape index (κ2) is 29.3. The molecule has 1 heterocycles. The maximum absolute atomic E-state index is 12.6. The summed E-state index contributed by atoms with van der Waals surface area (Å²) in [5.74, 6) is -0.177. The Morgan fingerprint density at radius 2 is 1.43 bits per heavy atom. The number of phosphoric ester groups is 1. The molecule has 0 radical (unpaired) electrons. The van der Waals surface area contributed by atoms with Crippen molar-refractivity contribution in [1.29, 1.82) is 0 Å². The normalized spacial score (nSPS) is 19.0. The van der Waals surface area contributed by atoms with Crippen molar-refractivity contribution in [1.82, 2.24) is 0 Å². The highest BCUT2D eigenvalue weighted by atomic mass is 31.2. The monoisotopic (exact) mass is 720 g/mol. The number of hydrogen-bond acceptors (Lipinski definition) is 10. The average Bonchev–Trinajstić information content (AvgIpc) is 3.84. The minimum absolute atomic E-state index is 0.165. The summed E-state index contributed by atoms with van der Waals surface area (Å²) >= 11 is 0. The third-order valence-corrected chi connectivity index (χ3v) is 9.83. The largest absolute Gasteiger partial charge is 0.472 e. The molecular formula is C37H69O11P. The second-order valence-corrected chi connectivity index (χ2v) is 15.0. The van der Waals surface area contributed by atoms with Gasteiger partial charge in [-0.05, 0) is 44.4 Å². The molecule has 1 aliphatic rings. The molecule has 3 N–H and O–H groups in total. The first-order valence-corrected chi connectivity index (χ1v) is 20.7. The Balaban J connectivity index is 2.30. The van der Waals surface area contributed by atoms with E-state index in [-0.39, 0.29) is 19.4 Å². The van der Waals surface area contributed by atoms with Crippen LogP contribution in [-0.2, 0) is 37.4 Å². The first kappa shape index (κ1) is 45.7. The quantitative estimate of drug-likeness (QED) is 0.0194. The van der Waals surface area contributed by atoms with Crippen molar-refractivity contribution in [3.8, 4) is 0 Å². The minimum atomic E-state index is -4.61. The van der Waals surface area contributed by atoms with Gasteiger partial charge in [-0.3, -0.25) is 18.6 Å². The van der Waals surface area contributed by atoms with Crippen LogP contribution in [0.5, 0.6) is 0 Å². The first-order valence-electron chi connectivity index (χ1n) is 19.2. The Labute approximate surface area is 296 Å². The molecule has 0 aromatic heterocycles. The number of allylic oxidation sites excluding steroid dienone is 1. The van der Waals surface area contributed by atoms with Crippen LogP contribution in [-0.4, -0.2) is 77.9 Å². The van der Waals surface area contributed by atoms with Crippen molar-refractivity contribution < 1.29 is 52.5 Å². The number of esters is 2. The van der Waals surface area contributed by atoms with E-state index >= 15 is 0 Å². The lowest BCUT2D eigenvalue weighted by Crippen LogP contribution is -2.29. The van der Waals surface area contributed by atoms with Crippen LogP contribution >= 0.6 is 7.82 Å². The molecule has 1 saturated heterocycles. The highest BCUT2D eigenvalue weighted by Crippen LogP contribution is 2.43. The van der Waals surface area contributed by atoms with E-state index in [1.54, 1.807) is 0 Å². The Morgan fingerprint density at radius 3 is 2.10 bits per heavy atom. The van der Waals surface area contributed by atoms with Crippen LogP contribution in [0.2, 0.25) is 0 Å². The number of hydrogen-bond donors (Lipinski definition) is 3. The minimum Gasteiger partial charge on any atom is -0.462 e. The van der Waals surface area contributed by atoms with E-state index in [1.165, 1.54) is 51.4 Å². The van der Waals surface area contributed by atoms with E-state index in [0.717, 1.165) is 63.7 Å². The summed E-state index contributed by atoms with van der Waals surface area (Å²) < 4.78 is 38.3. The Bertz CT molecular complexity index is 915. The van der Waals surface area contributed by atoms with Crippen molar-refractivity contribution in [2.24, 2.45) is 5.92 Å². The molecule has 49 heavy (non-hydrogen) atoms. The lowest BCUT2D eigenvalue weighted by molar-refractivity contribution is -0.161. The van der Waals surface area contributed by atoms with Gasteiger partial charge in [0.15, 0.2) is 6.10 Å². The van der Waals surface area contributed by atoms with Gasteiger partial charge in [0.1, 0.15) is 12.7 Å². The van der Waals surface area contributed by atoms with E-state index in [1.807, 2.05) is 0 Å². The Kier molecular flexibility index (Phi) is 27.3.